The summed E-state index contributed by atoms with van der Waals surface area (Å²) < 4.78 is 11.2. The molecule has 0 radical (unpaired) electrons. The Balaban J connectivity index is 2.42. The summed E-state index contributed by atoms with van der Waals surface area (Å²) in [6, 6.07) is 1.11. The summed E-state index contributed by atoms with van der Waals surface area (Å²) in [5.74, 6) is 1.49. The molecule has 0 aromatic rings. The van der Waals surface area contributed by atoms with Gasteiger partial charge >= 0.3 is 0 Å². The molecule has 15 heavy (non-hydrogen) atoms. The molecule has 90 valence electrons. The highest BCUT2D eigenvalue weighted by Crippen LogP contribution is 2.18. The predicted molar refractivity (Wildman–Crippen MR) is 66.6 cm³/mol. The smallest absolute Gasteiger partial charge is 0.0385 e. The zero-order chi connectivity index (χ0) is 11.4. The van der Waals surface area contributed by atoms with Crippen LogP contribution in [0.1, 0.15) is 20.3 Å². The molecule has 4 atom stereocenters. The molecule has 0 aromatic carbocycles. The van der Waals surface area contributed by atoms with Crippen molar-refractivity contribution in [2.75, 3.05) is 32.1 Å². The van der Waals surface area contributed by atoms with Gasteiger partial charge in [-0.25, -0.2) is 0 Å². The van der Waals surface area contributed by atoms with E-state index >= 15 is 0 Å². The van der Waals surface area contributed by atoms with Crippen LogP contribution in [0.2, 0.25) is 0 Å². The Morgan fingerprint density at radius 2 is 2.27 bits per heavy atom. The molecule has 4 unspecified atom stereocenters. The lowest BCUT2D eigenvalue weighted by atomic mass is 9.93. The van der Waals surface area contributed by atoms with Crippen LogP contribution in [-0.2, 0) is 10.8 Å². The molecule has 3 nitrogen and oxygen atoms in total. The van der Waals surface area contributed by atoms with Gasteiger partial charge in [0, 0.05) is 41.4 Å². The lowest BCUT2D eigenvalue weighted by molar-refractivity contribution is 0.123. The predicted octanol–water partition coefficient (Wildman–Crippen LogP) is 0.683. The standard InChI is InChI=1S/C11H24N2OS/c1-9-7-13(6-5-11(9)12-3)10(2)8-15(4)14/h9-12H,5-8H2,1-4H3. The van der Waals surface area contributed by atoms with Crippen LogP contribution in [0.25, 0.3) is 0 Å². The van der Waals surface area contributed by atoms with E-state index < -0.39 is 10.8 Å². The van der Waals surface area contributed by atoms with E-state index in [1.54, 1.807) is 6.26 Å². The third-order valence-corrected chi connectivity index (χ3v) is 4.36. The van der Waals surface area contributed by atoms with Crippen LogP contribution in [0.5, 0.6) is 0 Å². The summed E-state index contributed by atoms with van der Waals surface area (Å²) in [5.41, 5.74) is 0. The van der Waals surface area contributed by atoms with Crippen molar-refractivity contribution in [3.63, 3.8) is 0 Å². The Bertz CT molecular complexity index is 223. The molecule has 1 rings (SSSR count). The van der Waals surface area contributed by atoms with E-state index in [1.807, 2.05) is 7.05 Å². The summed E-state index contributed by atoms with van der Waals surface area (Å²) >= 11 is 0. The first-order valence-electron chi connectivity index (χ1n) is 5.76. The minimum Gasteiger partial charge on any atom is -0.317 e. The van der Waals surface area contributed by atoms with Crippen LogP contribution in [-0.4, -0.2) is 53.3 Å². The third kappa shape index (κ3) is 3.85. The molecule has 1 aliphatic rings. The summed E-state index contributed by atoms with van der Waals surface area (Å²) in [4.78, 5) is 2.47. The average Bonchev–Trinajstić information content (AvgIpc) is 2.16. The molecule has 0 bridgehead atoms. The Labute approximate surface area is 96.1 Å². The van der Waals surface area contributed by atoms with E-state index in [4.69, 9.17) is 0 Å². The number of rotatable bonds is 4. The molecule has 1 saturated heterocycles. The molecule has 1 N–H and O–H groups in total. The monoisotopic (exact) mass is 232 g/mol. The van der Waals surface area contributed by atoms with Crippen molar-refractivity contribution < 1.29 is 4.21 Å². The fraction of sp³-hybridized carbons (Fsp3) is 1.00. The molecule has 4 heteroatoms. The van der Waals surface area contributed by atoms with E-state index in [0.29, 0.717) is 18.0 Å². The molecule has 1 heterocycles. The van der Waals surface area contributed by atoms with E-state index in [1.165, 1.54) is 6.42 Å². The fourth-order valence-corrected chi connectivity index (χ4v) is 3.34. The largest absolute Gasteiger partial charge is 0.317 e. The van der Waals surface area contributed by atoms with Crippen LogP contribution in [0.4, 0.5) is 0 Å². The maximum atomic E-state index is 11.2. The quantitative estimate of drug-likeness (QED) is 0.774. The highest BCUT2D eigenvalue weighted by Gasteiger charge is 2.27. The van der Waals surface area contributed by atoms with Gasteiger partial charge in [-0.3, -0.25) is 9.11 Å². The molecule has 0 aromatic heterocycles. The minimum absolute atomic E-state index is 0.455. The Morgan fingerprint density at radius 3 is 2.73 bits per heavy atom. The maximum absolute atomic E-state index is 11.2. The van der Waals surface area contributed by atoms with Crippen LogP contribution in [0.15, 0.2) is 0 Å². The maximum Gasteiger partial charge on any atom is 0.0385 e. The van der Waals surface area contributed by atoms with Crippen LogP contribution < -0.4 is 5.32 Å². The summed E-state index contributed by atoms with van der Waals surface area (Å²) in [5, 5.41) is 3.37. The van der Waals surface area contributed by atoms with Crippen molar-refractivity contribution in [1.29, 1.82) is 0 Å². The zero-order valence-electron chi connectivity index (χ0n) is 10.3. The molecule has 1 aliphatic heterocycles. The summed E-state index contributed by atoms with van der Waals surface area (Å²) in [7, 11) is 1.37. The topological polar surface area (TPSA) is 32.3 Å². The van der Waals surface area contributed by atoms with Crippen molar-refractivity contribution in [3.8, 4) is 0 Å². The highest BCUT2D eigenvalue weighted by atomic mass is 32.2. The lowest BCUT2D eigenvalue weighted by Crippen LogP contribution is -2.51. The SMILES string of the molecule is CNC1CCN(C(C)CS(C)=O)CC1C. The number of nitrogens with one attached hydrogen (secondary N) is 1. The summed E-state index contributed by atoms with van der Waals surface area (Å²) in [6.07, 6.45) is 3.00. The van der Waals surface area contributed by atoms with Gasteiger partial charge in [-0.05, 0) is 32.9 Å². The van der Waals surface area contributed by atoms with Crippen molar-refractivity contribution in [2.24, 2.45) is 5.92 Å². The second kappa shape index (κ2) is 5.97. The molecular weight excluding hydrogens is 208 g/mol. The van der Waals surface area contributed by atoms with Gasteiger partial charge in [0.2, 0.25) is 0 Å². The van der Waals surface area contributed by atoms with Gasteiger partial charge in [0.25, 0.3) is 0 Å². The van der Waals surface area contributed by atoms with E-state index in [2.05, 4.69) is 24.1 Å². The fourth-order valence-electron chi connectivity index (χ4n) is 2.45. The van der Waals surface area contributed by atoms with Crippen LogP contribution >= 0.6 is 0 Å². The van der Waals surface area contributed by atoms with E-state index in [-0.39, 0.29) is 0 Å². The minimum atomic E-state index is -0.676. The number of piperidine rings is 1. The molecular formula is C11H24N2OS. The molecule has 1 fully saturated rings. The third-order valence-electron chi connectivity index (χ3n) is 3.41. The lowest BCUT2D eigenvalue weighted by Gasteiger charge is -2.39. The second-order valence-corrected chi connectivity index (χ2v) is 6.22. The van der Waals surface area contributed by atoms with Crippen molar-refractivity contribution in [2.45, 2.75) is 32.4 Å². The number of likely N-dealkylation sites (tertiary alicyclic amines) is 1. The van der Waals surface area contributed by atoms with Gasteiger partial charge in [-0.2, -0.15) is 0 Å². The van der Waals surface area contributed by atoms with Gasteiger partial charge in [-0.15, -0.1) is 0 Å². The van der Waals surface area contributed by atoms with E-state index in [0.717, 1.165) is 18.8 Å². The first kappa shape index (κ1) is 13.1. The number of hydrogen-bond donors (Lipinski definition) is 1. The molecule has 0 spiro atoms. The van der Waals surface area contributed by atoms with E-state index in [9.17, 15) is 4.21 Å². The van der Waals surface area contributed by atoms with Gasteiger partial charge in [0.05, 0.1) is 0 Å². The molecule has 0 aliphatic carbocycles. The number of nitrogens with zero attached hydrogens (tertiary/aromatic N) is 1. The van der Waals surface area contributed by atoms with Gasteiger partial charge in [0.1, 0.15) is 0 Å². The van der Waals surface area contributed by atoms with Crippen molar-refractivity contribution in [3.05, 3.63) is 0 Å². The Morgan fingerprint density at radius 1 is 1.60 bits per heavy atom. The second-order valence-electron chi connectivity index (χ2n) is 4.74. The Hall–Kier alpha value is 0.0700. The van der Waals surface area contributed by atoms with Crippen LogP contribution in [0.3, 0.4) is 0 Å². The van der Waals surface area contributed by atoms with Gasteiger partial charge in [0.15, 0.2) is 0 Å². The van der Waals surface area contributed by atoms with Crippen molar-refractivity contribution in [1.82, 2.24) is 10.2 Å². The van der Waals surface area contributed by atoms with Gasteiger partial charge < -0.3 is 5.32 Å². The number of hydrogen-bond acceptors (Lipinski definition) is 3. The first-order chi connectivity index (χ1) is 7.04. The van der Waals surface area contributed by atoms with Crippen LogP contribution in [0, 0.1) is 5.92 Å². The normalized spacial score (nSPS) is 32.5. The Kier molecular flexibility index (Phi) is 5.23. The molecule has 0 amide bonds. The zero-order valence-corrected chi connectivity index (χ0v) is 11.1. The average molecular weight is 232 g/mol. The first-order valence-corrected chi connectivity index (χ1v) is 7.48. The molecule has 0 saturated carbocycles. The highest BCUT2D eigenvalue weighted by molar-refractivity contribution is 7.84. The van der Waals surface area contributed by atoms with Crippen molar-refractivity contribution >= 4 is 10.8 Å². The van der Waals surface area contributed by atoms with Gasteiger partial charge in [-0.1, -0.05) is 6.92 Å². The summed E-state index contributed by atoms with van der Waals surface area (Å²) in [6.45, 7) is 6.74.